The van der Waals surface area contributed by atoms with Crippen LogP contribution < -0.4 is 10.5 Å². The van der Waals surface area contributed by atoms with Crippen LogP contribution in [0.25, 0.3) is 0 Å². The van der Waals surface area contributed by atoms with Crippen molar-refractivity contribution in [3.05, 3.63) is 28.0 Å². The fraction of sp³-hybridized carbons (Fsp3) is 0.333. The van der Waals surface area contributed by atoms with Crippen LogP contribution in [0, 0.1) is 5.82 Å². The number of methoxy groups -OCH3 is 1. The van der Waals surface area contributed by atoms with Gasteiger partial charge in [-0.05, 0) is 27.6 Å². The van der Waals surface area contributed by atoms with E-state index in [0.29, 0.717) is 11.3 Å². The third-order valence-corrected chi connectivity index (χ3v) is 2.70. The van der Waals surface area contributed by atoms with E-state index in [9.17, 15) is 4.39 Å². The number of nitrogens with two attached hydrogens (primary N) is 1. The van der Waals surface area contributed by atoms with Gasteiger partial charge >= 0.3 is 0 Å². The molecule has 0 aliphatic rings. The summed E-state index contributed by atoms with van der Waals surface area (Å²) in [7, 11) is 1.44. The number of halogens is 2. The Hall–Kier alpha value is -0.650. The van der Waals surface area contributed by atoms with Crippen molar-refractivity contribution in [3.63, 3.8) is 0 Å². The van der Waals surface area contributed by atoms with Crippen molar-refractivity contribution >= 4 is 15.9 Å². The normalized spacial score (nSPS) is 12.6. The van der Waals surface area contributed by atoms with E-state index in [1.807, 2.05) is 0 Å². The summed E-state index contributed by atoms with van der Waals surface area (Å²) in [5.41, 5.74) is 6.08. The van der Waals surface area contributed by atoms with Crippen molar-refractivity contribution < 1.29 is 14.2 Å². The Kier molecular flexibility index (Phi) is 3.86. The fourth-order valence-electron chi connectivity index (χ4n) is 1.07. The molecule has 1 aromatic carbocycles. The topological polar surface area (TPSA) is 55.5 Å². The predicted molar refractivity (Wildman–Crippen MR) is 54.7 cm³/mol. The number of aliphatic hydroxyl groups excluding tert-OH is 1. The van der Waals surface area contributed by atoms with Crippen molar-refractivity contribution in [2.75, 3.05) is 13.7 Å². The van der Waals surface area contributed by atoms with Crippen molar-refractivity contribution in [2.45, 2.75) is 6.04 Å². The molecule has 0 aliphatic carbocycles. The Morgan fingerprint density at radius 2 is 2.29 bits per heavy atom. The molecule has 5 heteroatoms. The zero-order chi connectivity index (χ0) is 10.7. The molecule has 0 saturated carbocycles. The SMILES string of the molecule is COc1cc(F)c(Br)c(C(N)CO)c1. The predicted octanol–water partition coefficient (Wildman–Crippen LogP) is 1.59. The van der Waals surface area contributed by atoms with Crippen LogP contribution >= 0.6 is 15.9 Å². The maximum absolute atomic E-state index is 13.3. The number of hydrogen-bond acceptors (Lipinski definition) is 3. The minimum absolute atomic E-state index is 0.245. The van der Waals surface area contributed by atoms with E-state index in [4.69, 9.17) is 15.6 Å². The van der Waals surface area contributed by atoms with Crippen LogP contribution in [0.15, 0.2) is 16.6 Å². The third-order valence-electron chi connectivity index (χ3n) is 1.86. The summed E-state index contributed by atoms with van der Waals surface area (Å²) < 4.78 is 18.4. The summed E-state index contributed by atoms with van der Waals surface area (Å²) in [6, 6.07) is 2.22. The van der Waals surface area contributed by atoms with Crippen LogP contribution in [0.3, 0.4) is 0 Å². The summed E-state index contributed by atoms with van der Waals surface area (Å²) in [6.07, 6.45) is 0. The van der Waals surface area contributed by atoms with Gasteiger partial charge in [-0.2, -0.15) is 0 Å². The molecule has 0 spiro atoms. The number of aliphatic hydroxyl groups is 1. The van der Waals surface area contributed by atoms with Crippen molar-refractivity contribution in [2.24, 2.45) is 5.73 Å². The lowest BCUT2D eigenvalue weighted by molar-refractivity contribution is 0.267. The lowest BCUT2D eigenvalue weighted by atomic mass is 10.1. The first kappa shape index (κ1) is 11.4. The highest BCUT2D eigenvalue weighted by molar-refractivity contribution is 9.10. The van der Waals surface area contributed by atoms with Gasteiger partial charge < -0.3 is 15.6 Å². The zero-order valence-electron chi connectivity index (χ0n) is 7.63. The molecule has 78 valence electrons. The number of hydrogen-bond donors (Lipinski definition) is 2. The van der Waals surface area contributed by atoms with Crippen LogP contribution in [-0.4, -0.2) is 18.8 Å². The van der Waals surface area contributed by atoms with Crippen LogP contribution in [0.4, 0.5) is 4.39 Å². The summed E-state index contributed by atoms with van der Waals surface area (Å²) >= 11 is 3.06. The van der Waals surface area contributed by atoms with Gasteiger partial charge in [-0.15, -0.1) is 0 Å². The molecule has 1 aromatic rings. The van der Waals surface area contributed by atoms with E-state index >= 15 is 0 Å². The summed E-state index contributed by atoms with van der Waals surface area (Å²) in [5.74, 6) is -0.0761. The van der Waals surface area contributed by atoms with Gasteiger partial charge in [-0.1, -0.05) is 0 Å². The lowest BCUT2D eigenvalue weighted by Crippen LogP contribution is -2.15. The monoisotopic (exact) mass is 263 g/mol. The highest BCUT2D eigenvalue weighted by atomic mass is 79.9. The maximum atomic E-state index is 13.3. The van der Waals surface area contributed by atoms with E-state index < -0.39 is 11.9 Å². The Morgan fingerprint density at radius 1 is 1.64 bits per heavy atom. The number of ether oxygens (including phenoxy) is 1. The van der Waals surface area contributed by atoms with Gasteiger partial charge in [-0.25, -0.2) is 4.39 Å². The Morgan fingerprint density at radius 3 is 2.79 bits per heavy atom. The molecular formula is C9H11BrFNO2. The average Bonchev–Trinajstić information content (AvgIpc) is 2.20. The summed E-state index contributed by atoms with van der Waals surface area (Å²) in [5, 5.41) is 8.86. The largest absolute Gasteiger partial charge is 0.497 e. The quantitative estimate of drug-likeness (QED) is 0.871. The standard InChI is InChI=1S/C9H11BrFNO2/c1-14-5-2-6(8(12)4-13)9(10)7(11)3-5/h2-3,8,13H,4,12H2,1H3. The summed E-state index contributed by atoms with van der Waals surface area (Å²) in [4.78, 5) is 0. The minimum Gasteiger partial charge on any atom is -0.497 e. The highest BCUT2D eigenvalue weighted by Crippen LogP contribution is 2.29. The average molecular weight is 264 g/mol. The first-order valence-electron chi connectivity index (χ1n) is 3.99. The van der Waals surface area contributed by atoms with Gasteiger partial charge in [0.1, 0.15) is 11.6 Å². The molecule has 3 nitrogen and oxygen atoms in total. The second kappa shape index (κ2) is 4.72. The number of rotatable bonds is 3. The fourth-order valence-corrected chi connectivity index (χ4v) is 1.59. The lowest BCUT2D eigenvalue weighted by Gasteiger charge is -2.13. The van der Waals surface area contributed by atoms with Crippen LogP contribution in [-0.2, 0) is 0 Å². The summed E-state index contributed by atoms with van der Waals surface area (Å²) in [6.45, 7) is -0.245. The van der Waals surface area contributed by atoms with Gasteiger partial charge in [-0.3, -0.25) is 0 Å². The molecule has 1 unspecified atom stereocenters. The van der Waals surface area contributed by atoms with Crippen molar-refractivity contribution in [1.82, 2.24) is 0 Å². The first-order chi connectivity index (χ1) is 6.60. The van der Waals surface area contributed by atoms with Gasteiger partial charge in [0.05, 0.1) is 24.2 Å². The zero-order valence-corrected chi connectivity index (χ0v) is 9.21. The van der Waals surface area contributed by atoms with Gasteiger partial charge in [0.15, 0.2) is 0 Å². The molecule has 1 rings (SSSR count). The molecule has 3 N–H and O–H groups in total. The minimum atomic E-state index is -0.617. The molecule has 0 aromatic heterocycles. The molecule has 0 bridgehead atoms. The van der Waals surface area contributed by atoms with Crippen LogP contribution in [0.5, 0.6) is 5.75 Å². The Bertz CT molecular complexity index is 333. The van der Waals surface area contributed by atoms with Gasteiger partial charge in [0.2, 0.25) is 0 Å². The molecule has 0 heterocycles. The second-order valence-corrected chi connectivity index (χ2v) is 3.59. The third kappa shape index (κ3) is 2.23. The van der Waals surface area contributed by atoms with E-state index in [2.05, 4.69) is 15.9 Å². The highest BCUT2D eigenvalue weighted by Gasteiger charge is 2.14. The van der Waals surface area contributed by atoms with E-state index in [1.54, 1.807) is 6.07 Å². The maximum Gasteiger partial charge on any atom is 0.141 e. The first-order valence-corrected chi connectivity index (χ1v) is 4.78. The smallest absolute Gasteiger partial charge is 0.141 e. The van der Waals surface area contributed by atoms with Crippen LogP contribution in [0.1, 0.15) is 11.6 Å². The van der Waals surface area contributed by atoms with Gasteiger partial charge in [0, 0.05) is 6.07 Å². The molecule has 1 atom stereocenters. The molecule has 0 amide bonds. The Balaban J connectivity index is 3.20. The van der Waals surface area contributed by atoms with E-state index in [-0.39, 0.29) is 11.1 Å². The van der Waals surface area contributed by atoms with Gasteiger partial charge in [0.25, 0.3) is 0 Å². The van der Waals surface area contributed by atoms with Crippen molar-refractivity contribution in [1.29, 1.82) is 0 Å². The molecular weight excluding hydrogens is 253 g/mol. The molecule has 14 heavy (non-hydrogen) atoms. The Labute approximate surface area is 89.8 Å². The molecule has 0 aliphatic heterocycles. The molecule has 0 saturated heterocycles. The number of benzene rings is 1. The molecule has 0 radical (unpaired) electrons. The van der Waals surface area contributed by atoms with Crippen molar-refractivity contribution in [3.8, 4) is 5.75 Å². The van der Waals surface area contributed by atoms with Crippen LogP contribution in [0.2, 0.25) is 0 Å². The second-order valence-electron chi connectivity index (χ2n) is 2.80. The molecule has 0 fully saturated rings. The van der Waals surface area contributed by atoms with E-state index in [1.165, 1.54) is 13.2 Å². The van der Waals surface area contributed by atoms with E-state index in [0.717, 1.165) is 0 Å².